The van der Waals surface area contributed by atoms with Crippen molar-refractivity contribution < 1.29 is 19.3 Å². The maximum Gasteiger partial charge on any atom is 0.191 e. The molecule has 1 aromatic rings. The molecular weight excluding hydrogens is 251 g/mol. The predicted molar refractivity (Wildman–Crippen MR) is 70.0 cm³/mol. The van der Waals surface area contributed by atoms with Crippen molar-refractivity contribution in [2.75, 3.05) is 7.11 Å². The first-order valence-electron chi connectivity index (χ1n) is 5.79. The molecule has 0 aliphatic carbocycles. The Balaban J connectivity index is 2.06. The fourth-order valence-electron chi connectivity index (χ4n) is 2.12. The van der Waals surface area contributed by atoms with Gasteiger partial charge in [0.25, 0.3) is 0 Å². The lowest BCUT2D eigenvalue weighted by atomic mass is 10.0. The Bertz CT molecular complexity index is 393. The molecule has 0 amide bonds. The molecule has 0 spiro atoms. The van der Waals surface area contributed by atoms with E-state index in [1.165, 1.54) is 5.82 Å². The summed E-state index contributed by atoms with van der Waals surface area (Å²) in [6, 6.07) is 9.96. The molecule has 0 radical (unpaired) electrons. The second kappa shape index (κ2) is 6.41. The lowest BCUT2D eigenvalue weighted by Gasteiger charge is -2.13. The zero-order chi connectivity index (χ0) is 13.0. The van der Waals surface area contributed by atoms with Gasteiger partial charge in [0.05, 0.1) is 12.2 Å². The van der Waals surface area contributed by atoms with Crippen LogP contribution in [0.15, 0.2) is 42.2 Å². The van der Waals surface area contributed by atoms with E-state index in [0.29, 0.717) is 0 Å². The van der Waals surface area contributed by atoms with Crippen molar-refractivity contribution in [3.63, 3.8) is 0 Å². The molecule has 0 bridgehead atoms. The smallest absolute Gasteiger partial charge is 0.191 e. The standard InChI is InChI=1S/C13H17O4P/c1-16-13-9-12(10-5-3-2-4-6-10)17-11(13)7-8-18(14)15/h2-8,11-15H,9H2,1H3/b8-7+/t11?,12?,13-/m0/s1. The Labute approximate surface area is 108 Å². The molecule has 2 rings (SSSR count). The molecule has 1 fully saturated rings. The van der Waals surface area contributed by atoms with Gasteiger partial charge in [-0.1, -0.05) is 30.3 Å². The summed E-state index contributed by atoms with van der Waals surface area (Å²) >= 11 is 0. The number of hydrogen-bond acceptors (Lipinski definition) is 4. The Morgan fingerprint density at radius 1 is 1.33 bits per heavy atom. The number of hydrogen-bond donors (Lipinski definition) is 2. The Hall–Kier alpha value is -0.770. The van der Waals surface area contributed by atoms with Gasteiger partial charge in [0.15, 0.2) is 8.38 Å². The van der Waals surface area contributed by atoms with Crippen LogP contribution in [0, 0.1) is 0 Å². The summed E-state index contributed by atoms with van der Waals surface area (Å²) in [4.78, 5) is 17.8. The van der Waals surface area contributed by atoms with E-state index in [9.17, 15) is 0 Å². The average molecular weight is 268 g/mol. The molecule has 1 heterocycles. The van der Waals surface area contributed by atoms with Crippen LogP contribution in [0.2, 0.25) is 0 Å². The highest BCUT2D eigenvalue weighted by molar-refractivity contribution is 7.48. The van der Waals surface area contributed by atoms with Crippen LogP contribution >= 0.6 is 8.38 Å². The van der Waals surface area contributed by atoms with Crippen molar-refractivity contribution in [1.82, 2.24) is 0 Å². The van der Waals surface area contributed by atoms with E-state index in [-0.39, 0.29) is 18.3 Å². The zero-order valence-corrected chi connectivity index (χ0v) is 11.0. The monoisotopic (exact) mass is 268 g/mol. The third-order valence-electron chi connectivity index (χ3n) is 3.02. The van der Waals surface area contributed by atoms with E-state index >= 15 is 0 Å². The highest BCUT2D eigenvalue weighted by Crippen LogP contribution is 2.36. The number of benzene rings is 1. The van der Waals surface area contributed by atoms with Gasteiger partial charge in [0.1, 0.15) is 6.10 Å². The molecule has 0 saturated carbocycles. The SMILES string of the molecule is CO[C@H]1CC(c2ccccc2)OC1/C=C/P(O)O. The van der Waals surface area contributed by atoms with Crippen LogP contribution in [0.1, 0.15) is 18.1 Å². The van der Waals surface area contributed by atoms with E-state index < -0.39 is 8.38 Å². The van der Waals surface area contributed by atoms with Crippen LogP contribution in [0.5, 0.6) is 0 Å². The molecule has 1 saturated heterocycles. The summed E-state index contributed by atoms with van der Waals surface area (Å²) in [7, 11) is -0.384. The molecule has 1 aromatic carbocycles. The van der Waals surface area contributed by atoms with Gasteiger partial charge < -0.3 is 19.3 Å². The number of ether oxygens (including phenoxy) is 2. The summed E-state index contributed by atoms with van der Waals surface area (Å²) in [5, 5.41) is 0. The van der Waals surface area contributed by atoms with Gasteiger partial charge in [0, 0.05) is 13.5 Å². The van der Waals surface area contributed by atoms with Crippen molar-refractivity contribution in [3.05, 3.63) is 47.8 Å². The van der Waals surface area contributed by atoms with E-state index in [1.54, 1.807) is 13.2 Å². The fraction of sp³-hybridized carbons (Fsp3) is 0.385. The third-order valence-corrected chi connectivity index (χ3v) is 3.46. The number of rotatable bonds is 4. The van der Waals surface area contributed by atoms with Gasteiger partial charge >= 0.3 is 0 Å². The van der Waals surface area contributed by atoms with Gasteiger partial charge in [-0.3, -0.25) is 0 Å². The fourth-order valence-corrected chi connectivity index (χ4v) is 2.45. The summed E-state index contributed by atoms with van der Waals surface area (Å²) in [6.45, 7) is 0. The predicted octanol–water partition coefficient (Wildman–Crippen LogP) is 2.34. The van der Waals surface area contributed by atoms with Crippen molar-refractivity contribution in [3.8, 4) is 0 Å². The van der Waals surface area contributed by atoms with E-state index in [0.717, 1.165) is 12.0 Å². The van der Waals surface area contributed by atoms with Crippen LogP contribution in [0.25, 0.3) is 0 Å². The van der Waals surface area contributed by atoms with Crippen molar-refractivity contribution in [2.45, 2.75) is 24.7 Å². The van der Waals surface area contributed by atoms with Gasteiger partial charge in [-0.15, -0.1) is 0 Å². The molecule has 18 heavy (non-hydrogen) atoms. The Morgan fingerprint density at radius 2 is 2.06 bits per heavy atom. The van der Waals surface area contributed by atoms with Crippen LogP contribution in [0.3, 0.4) is 0 Å². The van der Waals surface area contributed by atoms with Crippen molar-refractivity contribution in [1.29, 1.82) is 0 Å². The van der Waals surface area contributed by atoms with E-state index in [4.69, 9.17) is 19.3 Å². The first-order chi connectivity index (χ1) is 8.70. The van der Waals surface area contributed by atoms with Crippen molar-refractivity contribution >= 4 is 8.38 Å². The average Bonchev–Trinajstić information content (AvgIpc) is 2.80. The second-order valence-corrected chi connectivity index (χ2v) is 5.11. The summed E-state index contributed by atoms with van der Waals surface area (Å²) < 4.78 is 11.3. The molecule has 2 unspecified atom stereocenters. The molecule has 2 N–H and O–H groups in total. The largest absolute Gasteiger partial charge is 0.378 e. The van der Waals surface area contributed by atoms with E-state index in [2.05, 4.69) is 0 Å². The summed E-state index contributed by atoms with van der Waals surface area (Å²) in [5.74, 6) is 1.36. The van der Waals surface area contributed by atoms with Crippen LogP contribution in [0.4, 0.5) is 0 Å². The first kappa shape index (κ1) is 13.7. The topological polar surface area (TPSA) is 58.9 Å². The maximum absolute atomic E-state index is 8.89. The highest BCUT2D eigenvalue weighted by Gasteiger charge is 2.34. The molecule has 98 valence electrons. The maximum atomic E-state index is 8.89. The molecule has 1 aliphatic heterocycles. The molecule has 4 nitrogen and oxygen atoms in total. The number of methoxy groups -OCH3 is 1. The van der Waals surface area contributed by atoms with Gasteiger partial charge in [0.2, 0.25) is 0 Å². The summed E-state index contributed by atoms with van der Waals surface area (Å²) in [6.07, 6.45) is 2.15. The molecule has 0 aromatic heterocycles. The minimum absolute atomic E-state index is 0.00517. The van der Waals surface area contributed by atoms with Crippen LogP contribution in [-0.2, 0) is 9.47 Å². The molecule has 3 atom stereocenters. The Morgan fingerprint density at radius 3 is 2.67 bits per heavy atom. The summed E-state index contributed by atoms with van der Waals surface area (Å²) in [5.41, 5.74) is 1.12. The third kappa shape index (κ3) is 3.37. The lowest BCUT2D eigenvalue weighted by molar-refractivity contribution is 0.0220. The van der Waals surface area contributed by atoms with Gasteiger partial charge in [-0.25, -0.2) is 0 Å². The second-order valence-electron chi connectivity index (χ2n) is 4.17. The Kier molecular flexibility index (Phi) is 4.87. The highest BCUT2D eigenvalue weighted by atomic mass is 31.2. The van der Waals surface area contributed by atoms with Crippen LogP contribution < -0.4 is 0 Å². The minimum atomic E-state index is -2.03. The van der Waals surface area contributed by atoms with E-state index in [1.807, 2.05) is 30.3 Å². The lowest BCUT2D eigenvalue weighted by Crippen LogP contribution is -2.20. The zero-order valence-electron chi connectivity index (χ0n) is 10.1. The first-order valence-corrected chi connectivity index (χ1v) is 7.11. The van der Waals surface area contributed by atoms with Gasteiger partial charge in [-0.05, 0) is 17.5 Å². The minimum Gasteiger partial charge on any atom is -0.378 e. The van der Waals surface area contributed by atoms with Crippen LogP contribution in [-0.4, -0.2) is 29.1 Å². The normalized spacial score (nSPS) is 28.3. The van der Waals surface area contributed by atoms with Crippen molar-refractivity contribution in [2.24, 2.45) is 0 Å². The molecule has 5 heteroatoms. The quantitative estimate of drug-likeness (QED) is 0.823. The van der Waals surface area contributed by atoms with Gasteiger partial charge in [-0.2, -0.15) is 0 Å². The molecular formula is C13H17O4P. The molecule has 1 aliphatic rings.